The quantitative estimate of drug-likeness (QED) is 0.661. The summed E-state index contributed by atoms with van der Waals surface area (Å²) in [5.74, 6) is 0.328. The van der Waals surface area contributed by atoms with Crippen molar-refractivity contribution in [3.8, 4) is 0 Å². The molecule has 0 spiro atoms. The first-order chi connectivity index (χ1) is 5.54. The van der Waals surface area contributed by atoms with E-state index in [1.165, 1.54) is 6.20 Å². The highest BCUT2D eigenvalue weighted by Crippen LogP contribution is 2.14. The number of rotatable bonds is 2. The molecular formula is C8H12N2O2. The Morgan fingerprint density at radius 1 is 1.50 bits per heavy atom. The lowest BCUT2D eigenvalue weighted by Crippen LogP contribution is -2.20. The summed E-state index contributed by atoms with van der Waals surface area (Å²) >= 11 is 0. The van der Waals surface area contributed by atoms with E-state index in [0.29, 0.717) is 11.5 Å². The molecule has 1 rings (SSSR count). The van der Waals surface area contributed by atoms with Gasteiger partial charge < -0.3 is 10.2 Å². The van der Waals surface area contributed by atoms with Gasteiger partial charge >= 0.3 is 0 Å². The third-order valence-electron chi connectivity index (χ3n) is 1.42. The Hall–Kier alpha value is -1.00. The van der Waals surface area contributed by atoms with Crippen molar-refractivity contribution in [2.45, 2.75) is 26.1 Å². The van der Waals surface area contributed by atoms with E-state index >= 15 is 0 Å². The Balaban J connectivity index is 3.02. The van der Waals surface area contributed by atoms with Crippen LogP contribution >= 0.6 is 0 Å². The molecule has 2 N–H and O–H groups in total. The van der Waals surface area contributed by atoms with Crippen LogP contribution in [0, 0.1) is 0 Å². The van der Waals surface area contributed by atoms with Crippen molar-refractivity contribution in [3.05, 3.63) is 23.8 Å². The number of hydrogen-bond acceptors (Lipinski definition) is 4. The predicted molar refractivity (Wildman–Crippen MR) is 43.2 cm³/mol. The molecule has 1 aromatic heterocycles. The van der Waals surface area contributed by atoms with Gasteiger partial charge in [-0.15, -0.1) is 0 Å². The molecule has 0 atom stereocenters. The van der Waals surface area contributed by atoms with Crippen molar-refractivity contribution in [2.75, 3.05) is 0 Å². The predicted octanol–water partition coefficient (Wildman–Crippen LogP) is 0.196. The average Bonchev–Trinajstić information content (AvgIpc) is 2.03. The smallest absolute Gasteiger partial charge is 0.159 e. The summed E-state index contributed by atoms with van der Waals surface area (Å²) in [6, 6.07) is 1.61. The topological polar surface area (TPSA) is 66.2 Å². The summed E-state index contributed by atoms with van der Waals surface area (Å²) in [6.07, 6.45) is 1.52. The van der Waals surface area contributed by atoms with Crippen molar-refractivity contribution in [2.24, 2.45) is 0 Å². The molecule has 0 aliphatic rings. The fourth-order valence-electron chi connectivity index (χ4n) is 0.779. The van der Waals surface area contributed by atoms with Gasteiger partial charge in [-0.25, -0.2) is 9.97 Å². The molecule has 4 nitrogen and oxygen atoms in total. The molecule has 12 heavy (non-hydrogen) atoms. The minimum absolute atomic E-state index is 0.133. The van der Waals surface area contributed by atoms with Gasteiger partial charge in [0.25, 0.3) is 0 Å². The van der Waals surface area contributed by atoms with Crippen molar-refractivity contribution < 1.29 is 10.2 Å². The molecule has 0 aliphatic carbocycles. The molecule has 0 amide bonds. The first kappa shape index (κ1) is 9.09. The zero-order valence-electron chi connectivity index (χ0n) is 7.15. The molecule has 66 valence electrons. The molecule has 0 saturated heterocycles. The minimum atomic E-state index is -1.05. The van der Waals surface area contributed by atoms with Gasteiger partial charge in [-0.1, -0.05) is 0 Å². The van der Waals surface area contributed by atoms with Gasteiger partial charge in [-0.2, -0.15) is 0 Å². The maximum Gasteiger partial charge on any atom is 0.159 e. The highest BCUT2D eigenvalue weighted by Gasteiger charge is 2.19. The second-order valence-electron chi connectivity index (χ2n) is 3.09. The van der Waals surface area contributed by atoms with Gasteiger partial charge in [0.2, 0.25) is 0 Å². The van der Waals surface area contributed by atoms with Gasteiger partial charge in [0.05, 0.1) is 12.3 Å². The third kappa shape index (κ3) is 1.99. The van der Waals surface area contributed by atoms with Gasteiger partial charge in [0.1, 0.15) is 5.60 Å². The first-order valence-corrected chi connectivity index (χ1v) is 3.69. The standard InChI is InChI=1S/C8H12N2O2/c1-8(2,12)7-9-4-3-6(5-11)10-7/h3-4,11-12H,5H2,1-2H3. The number of aliphatic hydroxyl groups is 2. The van der Waals surface area contributed by atoms with E-state index in [1.54, 1.807) is 19.9 Å². The molecule has 0 fully saturated rings. The zero-order chi connectivity index (χ0) is 9.19. The first-order valence-electron chi connectivity index (χ1n) is 3.69. The molecule has 0 aromatic carbocycles. The van der Waals surface area contributed by atoms with E-state index in [0.717, 1.165) is 0 Å². The van der Waals surface area contributed by atoms with E-state index in [4.69, 9.17) is 5.11 Å². The van der Waals surface area contributed by atoms with E-state index < -0.39 is 5.60 Å². The molecule has 0 unspecified atom stereocenters. The van der Waals surface area contributed by atoms with Crippen LogP contribution in [0.5, 0.6) is 0 Å². The number of aromatic nitrogens is 2. The van der Waals surface area contributed by atoms with E-state index in [9.17, 15) is 5.11 Å². The van der Waals surface area contributed by atoms with Crippen molar-refractivity contribution in [3.63, 3.8) is 0 Å². The van der Waals surface area contributed by atoms with E-state index in [-0.39, 0.29) is 6.61 Å². The van der Waals surface area contributed by atoms with E-state index in [2.05, 4.69) is 9.97 Å². The maximum absolute atomic E-state index is 9.50. The summed E-state index contributed by atoms with van der Waals surface area (Å²) in [7, 11) is 0. The minimum Gasteiger partial charge on any atom is -0.390 e. The van der Waals surface area contributed by atoms with Crippen LogP contribution in [-0.4, -0.2) is 20.2 Å². The Bertz CT molecular complexity index is 268. The molecule has 1 aromatic rings. The Morgan fingerprint density at radius 3 is 2.67 bits per heavy atom. The summed E-state index contributed by atoms with van der Waals surface area (Å²) in [5, 5.41) is 18.3. The lowest BCUT2D eigenvalue weighted by Gasteiger charge is -2.14. The van der Waals surface area contributed by atoms with Crippen molar-refractivity contribution >= 4 is 0 Å². The second kappa shape index (κ2) is 3.16. The molecule has 1 heterocycles. The van der Waals surface area contributed by atoms with Gasteiger partial charge in [0, 0.05) is 6.20 Å². The fourth-order valence-corrected chi connectivity index (χ4v) is 0.779. The Kier molecular flexibility index (Phi) is 2.40. The molecular weight excluding hydrogens is 156 g/mol. The summed E-state index contributed by atoms with van der Waals surface area (Å²) in [5.41, 5.74) is -0.535. The molecule has 0 aliphatic heterocycles. The number of aliphatic hydroxyl groups excluding tert-OH is 1. The van der Waals surface area contributed by atoms with Crippen LogP contribution < -0.4 is 0 Å². The van der Waals surface area contributed by atoms with Gasteiger partial charge in [0.15, 0.2) is 5.82 Å². The normalized spacial score (nSPS) is 11.7. The lowest BCUT2D eigenvalue weighted by molar-refractivity contribution is 0.0681. The van der Waals surface area contributed by atoms with Crippen molar-refractivity contribution in [1.29, 1.82) is 0 Å². The van der Waals surface area contributed by atoms with Crippen LogP contribution in [0.2, 0.25) is 0 Å². The summed E-state index contributed by atoms with van der Waals surface area (Å²) in [6.45, 7) is 3.07. The molecule has 0 saturated carbocycles. The second-order valence-corrected chi connectivity index (χ2v) is 3.09. The van der Waals surface area contributed by atoms with Crippen LogP contribution in [0.4, 0.5) is 0 Å². The summed E-state index contributed by atoms with van der Waals surface area (Å²) in [4.78, 5) is 7.84. The van der Waals surface area contributed by atoms with Crippen LogP contribution in [0.1, 0.15) is 25.4 Å². The number of nitrogens with zero attached hydrogens (tertiary/aromatic N) is 2. The van der Waals surface area contributed by atoms with Crippen LogP contribution in [0.3, 0.4) is 0 Å². The highest BCUT2D eigenvalue weighted by atomic mass is 16.3. The fraction of sp³-hybridized carbons (Fsp3) is 0.500. The van der Waals surface area contributed by atoms with Crippen LogP contribution in [-0.2, 0) is 12.2 Å². The van der Waals surface area contributed by atoms with Gasteiger partial charge in [-0.3, -0.25) is 0 Å². The molecule has 0 radical (unpaired) electrons. The van der Waals surface area contributed by atoms with Gasteiger partial charge in [-0.05, 0) is 19.9 Å². The van der Waals surface area contributed by atoms with E-state index in [1.807, 2.05) is 0 Å². The average molecular weight is 168 g/mol. The van der Waals surface area contributed by atoms with Crippen LogP contribution in [0.15, 0.2) is 12.3 Å². The molecule has 4 heteroatoms. The lowest BCUT2D eigenvalue weighted by atomic mass is 10.1. The van der Waals surface area contributed by atoms with Crippen molar-refractivity contribution in [1.82, 2.24) is 9.97 Å². The SMILES string of the molecule is CC(C)(O)c1nccc(CO)n1. The Labute approximate surface area is 70.9 Å². The summed E-state index contributed by atoms with van der Waals surface area (Å²) < 4.78 is 0. The van der Waals surface area contributed by atoms with Crippen LogP contribution in [0.25, 0.3) is 0 Å². The number of hydrogen-bond donors (Lipinski definition) is 2. The highest BCUT2D eigenvalue weighted by molar-refractivity contribution is 5.05. The zero-order valence-corrected chi connectivity index (χ0v) is 7.15. The largest absolute Gasteiger partial charge is 0.390 e. The monoisotopic (exact) mass is 168 g/mol. The Morgan fingerprint density at radius 2 is 2.17 bits per heavy atom. The maximum atomic E-state index is 9.50. The third-order valence-corrected chi connectivity index (χ3v) is 1.42. The molecule has 0 bridgehead atoms.